The molecule has 0 spiro atoms. The molecule has 2 atom stereocenters. The fourth-order valence-corrected chi connectivity index (χ4v) is 2.48. The molecule has 112 valence electrons. The highest BCUT2D eigenvalue weighted by Gasteiger charge is 2.25. The molecule has 0 aliphatic heterocycles. The third kappa shape index (κ3) is 4.42. The molecule has 0 bridgehead atoms. The highest BCUT2D eigenvalue weighted by Crippen LogP contribution is 2.26. The van der Waals surface area contributed by atoms with Crippen LogP contribution in [0.3, 0.4) is 0 Å². The van der Waals surface area contributed by atoms with Crippen molar-refractivity contribution in [3.8, 4) is 0 Å². The summed E-state index contributed by atoms with van der Waals surface area (Å²) in [6.07, 6.45) is 3.44. The standard InChI is InChI=1S/C14H18F2N2O.ClH/c15-11-5-4-9(6-12(11)16)8-18-14(19)7-10-2-1-3-13(10)17;/h4-6,10,13H,1-3,7-8,17H2,(H,18,19);1H/t10-,13+;/m0./s1. The van der Waals surface area contributed by atoms with Gasteiger partial charge in [-0.2, -0.15) is 0 Å². The van der Waals surface area contributed by atoms with Gasteiger partial charge >= 0.3 is 0 Å². The lowest BCUT2D eigenvalue weighted by Gasteiger charge is -2.14. The van der Waals surface area contributed by atoms with Crippen molar-refractivity contribution in [2.24, 2.45) is 11.7 Å². The van der Waals surface area contributed by atoms with Crippen LogP contribution in [0.5, 0.6) is 0 Å². The average molecular weight is 305 g/mol. The Kier molecular flexibility index (Phi) is 6.36. The molecule has 0 saturated heterocycles. The van der Waals surface area contributed by atoms with E-state index in [1.807, 2.05) is 0 Å². The van der Waals surface area contributed by atoms with Gasteiger partial charge in [-0.25, -0.2) is 8.78 Å². The molecule has 3 nitrogen and oxygen atoms in total. The lowest BCUT2D eigenvalue weighted by atomic mass is 10.00. The van der Waals surface area contributed by atoms with E-state index in [1.165, 1.54) is 6.07 Å². The Morgan fingerprint density at radius 2 is 2.05 bits per heavy atom. The minimum atomic E-state index is -0.899. The Morgan fingerprint density at radius 1 is 1.30 bits per heavy atom. The zero-order valence-corrected chi connectivity index (χ0v) is 11.9. The van der Waals surface area contributed by atoms with Gasteiger partial charge < -0.3 is 11.1 Å². The number of carbonyl (C=O) groups excluding carboxylic acids is 1. The number of hydrogen-bond donors (Lipinski definition) is 2. The zero-order chi connectivity index (χ0) is 13.8. The van der Waals surface area contributed by atoms with Crippen LogP contribution in [0.25, 0.3) is 0 Å². The van der Waals surface area contributed by atoms with Crippen molar-refractivity contribution in [2.45, 2.75) is 38.3 Å². The second-order valence-corrected chi connectivity index (χ2v) is 5.08. The molecule has 0 unspecified atom stereocenters. The molecule has 1 aromatic rings. The first-order chi connectivity index (χ1) is 9.06. The van der Waals surface area contributed by atoms with Crippen molar-refractivity contribution in [1.82, 2.24) is 5.32 Å². The maximum atomic E-state index is 13.0. The third-order valence-electron chi connectivity index (χ3n) is 3.64. The number of hydrogen-bond acceptors (Lipinski definition) is 2. The first-order valence-corrected chi connectivity index (χ1v) is 6.52. The van der Waals surface area contributed by atoms with Gasteiger partial charge in [0.1, 0.15) is 0 Å². The molecular formula is C14H19ClF2N2O. The second kappa shape index (κ2) is 7.55. The lowest BCUT2D eigenvalue weighted by molar-refractivity contribution is -0.122. The summed E-state index contributed by atoms with van der Waals surface area (Å²) in [5, 5.41) is 2.71. The van der Waals surface area contributed by atoms with Crippen LogP contribution >= 0.6 is 12.4 Å². The monoisotopic (exact) mass is 304 g/mol. The van der Waals surface area contributed by atoms with Crippen LogP contribution in [0.2, 0.25) is 0 Å². The third-order valence-corrected chi connectivity index (χ3v) is 3.64. The van der Waals surface area contributed by atoms with Gasteiger partial charge in [-0.3, -0.25) is 4.79 Å². The number of halogens is 3. The molecule has 1 aliphatic rings. The van der Waals surface area contributed by atoms with Gasteiger partial charge in [0.15, 0.2) is 11.6 Å². The van der Waals surface area contributed by atoms with Gasteiger partial charge in [-0.1, -0.05) is 12.5 Å². The molecule has 1 aliphatic carbocycles. The van der Waals surface area contributed by atoms with Crippen LogP contribution in [-0.4, -0.2) is 11.9 Å². The normalized spacial score (nSPS) is 21.4. The van der Waals surface area contributed by atoms with Crippen molar-refractivity contribution in [3.05, 3.63) is 35.4 Å². The van der Waals surface area contributed by atoms with Crippen LogP contribution in [0.15, 0.2) is 18.2 Å². The average Bonchev–Trinajstić information content (AvgIpc) is 2.77. The Balaban J connectivity index is 0.00000200. The van der Waals surface area contributed by atoms with Crippen molar-refractivity contribution in [3.63, 3.8) is 0 Å². The minimum absolute atomic E-state index is 0. The summed E-state index contributed by atoms with van der Waals surface area (Å²) in [4.78, 5) is 11.7. The molecule has 0 radical (unpaired) electrons. The van der Waals surface area contributed by atoms with Crippen LogP contribution in [0.4, 0.5) is 8.78 Å². The largest absolute Gasteiger partial charge is 0.352 e. The van der Waals surface area contributed by atoms with Crippen molar-refractivity contribution in [1.29, 1.82) is 0 Å². The van der Waals surface area contributed by atoms with E-state index in [2.05, 4.69) is 5.32 Å². The Hall–Kier alpha value is -1.20. The fraction of sp³-hybridized carbons (Fsp3) is 0.500. The highest BCUT2D eigenvalue weighted by molar-refractivity contribution is 5.85. The summed E-state index contributed by atoms with van der Waals surface area (Å²) in [6, 6.07) is 3.72. The number of rotatable bonds is 4. The number of carbonyl (C=O) groups is 1. The fourth-order valence-electron chi connectivity index (χ4n) is 2.48. The van der Waals surface area contributed by atoms with Gasteiger partial charge in [0.25, 0.3) is 0 Å². The number of benzene rings is 1. The molecule has 6 heteroatoms. The predicted molar refractivity (Wildman–Crippen MR) is 75.4 cm³/mol. The Bertz CT molecular complexity index is 470. The molecule has 1 fully saturated rings. The van der Waals surface area contributed by atoms with Gasteiger partial charge in [0.05, 0.1) is 0 Å². The lowest BCUT2D eigenvalue weighted by Crippen LogP contribution is -2.31. The van der Waals surface area contributed by atoms with Crippen molar-refractivity contribution < 1.29 is 13.6 Å². The first-order valence-electron chi connectivity index (χ1n) is 6.52. The molecule has 3 N–H and O–H groups in total. The van der Waals surface area contributed by atoms with Crippen molar-refractivity contribution in [2.75, 3.05) is 0 Å². The molecule has 2 rings (SSSR count). The van der Waals surface area contributed by atoms with E-state index >= 15 is 0 Å². The SMILES string of the molecule is Cl.N[C@@H]1CCC[C@H]1CC(=O)NCc1ccc(F)c(F)c1. The maximum absolute atomic E-state index is 13.0. The Morgan fingerprint density at radius 3 is 2.65 bits per heavy atom. The van der Waals surface area contributed by atoms with Gasteiger partial charge in [-0.15, -0.1) is 12.4 Å². The summed E-state index contributed by atoms with van der Waals surface area (Å²) >= 11 is 0. The van der Waals surface area contributed by atoms with Crippen molar-refractivity contribution >= 4 is 18.3 Å². The maximum Gasteiger partial charge on any atom is 0.220 e. The van der Waals surface area contributed by atoms with E-state index in [4.69, 9.17) is 5.73 Å². The van der Waals surface area contributed by atoms with E-state index in [0.29, 0.717) is 12.0 Å². The summed E-state index contributed by atoms with van der Waals surface area (Å²) in [5.74, 6) is -1.63. The van der Waals surface area contributed by atoms with Gasteiger partial charge in [0, 0.05) is 19.0 Å². The topological polar surface area (TPSA) is 55.1 Å². The highest BCUT2D eigenvalue weighted by atomic mass is 35.5. The van der Waals surface area contributed by atoms with E-state index in [-0.39, 0.29) is 36.8 Å². The van der Waals surface area contributed by atoms with Crippen LogP contribution < -0.4 is 11.1 Å². The van der Waals surface area contributed by atoms with Gasteiger partial charge in [0.2, 0.25) is 5.91 Å². The van der Waals surface area contributed by atoms with E-state index in [0.717, 1.165) is 31.4 Å². The first kappa shape index (κ1) is 16.9. The number of nitrogens with two attached hydrogens (primary N) is 1. The number of nitrogens with one attached hydrogen (secondary N) is 1. The molecule has 20 heavy (non-hydrogen) atoms. The zero-order valence-electron chi connectivity index (χ0n) is 11.1. The van der Waals surface area contributed by atoms with Crippen LogP contribution in [0, 0.1) is 17.6 Å². The summed E-state index contributed by atoms with van der Waals surface area (Å²) in [6.45, 7) is 0.206. The summed E-state index contributed by atoms with van der Waals surface area (Å²) in [7, 11) is 0. The molecule has 0 aromatic heterocycles. The van der Waals surface area contributed by atoms with Crippen LogP contribution in [-0.2, 0) is 11.3 Å². The molecule has 1 amide bonds. The Labute approximate surface area is 123 Å². The predicted octanol–water partition coefficient (Wildman–Crippen LogP) is 2.52. The van der Waals surface area contributed by atoms with E-state index in [1.54, 1.807) is 0 Å². The molecule has 0 heterocycles. The summed E-state index contributed by atoms with van der Waals surface area (Å²) in [5.41, 5.74) is 6.44. The van der Waals surface area contributed by atoms with E-state index < -0.39 is 11.6 Å². The summed E-state index contributed by atoms with van der Waals surface area (Å²) < 4.78 is 25.7. The minimum Gasteiger partial charge on any atom is -0.352 e. The smallest absolute Gasteiger partial charge is 0.220 e. The number of amides is 1. The molecular weight excluding hydrogens is 286 g/mol. The quantitative estimate of drug-likeness (QED) is 0.898. The van der Waals surface area contributed by atoms with Crippen LogP contribution in [0.1, 0.15) is 31.2 Å². The molecule has 1 saturated carbocycles. The van der Waals surface area contributed by atoms with E-state index in [9.17, 15) is 13.6 Å². The second-order valence-electron chi connectivity index (χ2n) is 5.08. The molecule has 1 aromatic carbocycles. The van der Waals surface area contributed by atoms with Gasteiger partial charge in [-0.05, 0) is 36.5 Å².